The van der Waals surface area contributed by atoms with Crippen LogP contribution in [0.5, 0.6) is 0 Å². The van der Waals surface area contributed by atoms with E-state index >= 15 is 0 Å². The Morgan fingerprint density at radius 2 is 1.83 bits per heavy atom. The zero-order chi connectivity index (χ0) is 13.1. The molecule has 0 unspecified atom stereocenters. The standard InChI is InChI=1S/C12H9Cl2N3O/c13-8-3-9(14)5-10(4-8)17-12(18)7-1-2-11(15)16-6-7/h1-6H,(H2,15,16)(H,17,18). The maximum absolute atomic E-state index is 11.9. The average molecular weight is 282 g/mol. The van der Waals surface area contributed by atoms with Crippen LogP contribution in [0.25, 0.3) is 0 Å². The molecule has 1 aromatic carbocycles. The van der Waals surface area contributed by atoms with E-state index in [2.05, 4.69) is 10.3 Å². The maximum atomic E-state index is 11.9. The number of rotatable bonds is 2. The molecule has 4 nitrogen and oxygen atoms in total. The highest BCUT2D eigenvalue weighted by molar-refractivity contribution is 6.35. The van der Waals surface area contributed by atoms with Gasteiger partial charge in [-0.1, -0.05) is 23.2 Å². The van der Waals surface area contributed by atoms with Gasteiger partial charge in [0.2, 0.25) is 0 Å². The molecule has 92 valence electrons. The van der Waals surface area contributed by atoms with E-state index in [9.17, 15) is 4.79 Å². The minimum Gasteiger partial charge on any atom is -0.384 e. The largest absolute Gasteiger partial charge is 0.384 e. The maximum Gasteiger partial charge on any atom is 0.257 e. The number of anilines is 2. The number of hydrogen-bond acceptors (Lipinski definition) is 3. The van der Waals surface area contributed by atoms with Crippen molar-refractivity contribution in [3.8, 4) is 0 Å². The first-order valence-electron chi connectivity index (χ1n) is 5.03. The first-order valence-corrected chi connectivity index (χ1v) is 5.79. The van der Waals surface area contributed by atoms with Crippen LogP contribution in [-0.4, -0.2) is 10.9 Å². The van der Waals surface area contributed by atoms with E-state index in [0.717, 1.165) is 0 Å². The highest BCUT2D eigenvalue weighted by Crippen LogP contribution is 2.22. The number of pyridine rings is 1. The number of aromatic nitrogens is 1. The summed E-state index contributed by atoms with van der Waals surface area (Å²) in [7, 11) is 0. The van der Waals surface area contributed by atoms with Crippen LogP contribution >= 0.6 is 23.2 Å². The third kappa shape index (κ3) is 3.12. The summed E-state index contributed by atoms with van der Waals surface area (Å²) in [6.45, 7) is 0. The van der Waals surface area contributed by atoms with Gasteiger partial charge in [-0.25, -0.2) is 4.98 Å². The van der Waals surface area contributed by atoms with E-state index in [-0.39, 0.29) is 5.91 Å². The fourth-order valence-corrected chi connectivity index (χ4v) is 1.89. The highest BCUT2D eigenvalue weighted by atomic mass is 35.5. The Balaban J connectivity index is 2.18. The molecular formula is C12H9Cl2N3O. The number of nitrogen functional groups attached to an aromatic ring is 1. The van der Waals surface area contributed by atoms with E-state index in [1.165, 1.54) is 6.20 Å². The molecule has 0 aliphatic carbocycles. The van der Waals surface area contributed by atoms with E-state index < -0.39 is 0 Å². The molecule has 0 bridgehead atoms. The van der Waals surface area contributed by atoms with Gasteiger partial charge in [0.25, 0.3) is 5.91 Å². The lowest BCUT2D eigenvalue weighted by atomic mass is 10.2. The first kappa shape index (κ1) is 12.7. The molecule has 1 aromatic heterocycles. The van der Waals surface area contributed by atoms with Crippen LogP contribution in [0.2, 0.25) is 10.0 Å². The van der Waals surface area contributed by atoms with Gasteiger partial charge in [-0.2, -0.15) is 0 Å². The van der Waals surface area contributed by atoms with Crippen LogP contribution in [-0.2, 0) is 0 Å². The number of hydrogen-bond donors (Lipinski definition) is 2. The van der Waals surface area contributed by atoms with Crippen molar-refractivity contribution in [3.05, 3.63) is 52.1 Å². The molecule has 0 saturated heterocycles. The van der Waals surface area contributed by atoms with Crippen molar-refractivity contribution in [1.82, 2.24) is 4.98 Å². The molecule has 1 heterocycles. The number of nitrogens with two attached hydrogens (primary N) is 1. The summed E-state index contributed by atoms with van der Waals surface area (Å²) in [6.07, 6.45) is 1.40. The monoisotopic (exact) mass is 281 g/mol. The van der Waals surface area contributed by atoms with Crippen molar-refractivity contribution < 1.29 is 4.79 Å². The zero-order valence-electron chi connectivity index (χ0n) is 9.15. The lowest BCUT2D eigenvalue weighted by Crippen LogP contribution is -2.12. The number of benzene rings is 1. The number of nitrogens with zero attached hydrogens (tertiary/aromatic N) is 1. The van der Waals surface area contributed by atoms with E-state index in [4.69, 9.17) is 28.9 Å². The predicted molar refractivity (Wildman–Crippen MR) is 73.1 cm³/mol. The fraction of sp³-hybridized carbons (Fsp3) is 0. The number of nitrogens with one attached hydrogen (secondary N) is 1. The molecule has 0 aliphatic rings. The van der Waals surface area contributed by atoms with Gasteiger partial charge in [-0.05, 0) is 30.3 Å². The van der Waals surface area contributed by atoms with Gasteiger partial charge in [0.05, 0.1) is 5.56 Å². The van der Waals surface area contributed by atoms with Crippen molar-refractivity contribution in [2.75, 3.05) is 11.1 Å². The molecule has 1 amide bonds. The van der Waals surface area contributed by atoms with Crippen LogP contribution < -0.4 is 11.1 Å². The van der Waals surface area contributed by atoms with Crippen LogP contribution in [0, 0.1) is 0 Å². The molecule has 0 radical (unpaired) electrons. The van der Waals surface area contributed by atoms with Gasteiger partial charge in [-0.3, -0.25) is 4.79 Å². The van der Waals surface area contributed by atoms with Crippen LogP contribution in [0.4, 0.5) is 11.5 Å². The highest BCUT2D eigenvalue weighted by Gasteiger charge is 2.07. The van der Waals surface area contributed by atoms with Crippen LogP contribution in [0.1, 0.15) is 10.4 Å². The topological polar surface area (TPSA) is 68.0 Å². The number of halogens is 2. The summed E-state index contributed by atoms with van der Waals surface area (Å²) in [5.41, 5.74) is 6.37. The summed E-state index contributed by atoms with van der Waals surface area (Å²) in [5.74, 6) is 0.0539. The molecular weight excluding hydrogens is 273 g/mol. The molecule has 0 spiro atoms. The Morgan fingerprint density at radius 1 is 1.17 bits per heavy atom. The molecule has 6 heteroatoms. The summed E-state index contributed by atoms with van der Waals surface area (Å²) in [6, 6.07) is 7.94. The molecule has 2 rings (SSSR count). The smallest absolute Gasteiger partial charge is 0.257 e. The van der Waals surface area contributed by atoms with Gasteiger partial charge in [0.15, 0.2) is 0 Å². The summed E-state index contributed by atoms with van der Waals surface area (Å²) < 4.78 is 0. The van der Waals surface area contributed by atoms with Gasteiger partial charge in [0, 0.05) is 21.9 Å². The second-order valence-corrected chi connectivity index (χ2v) is 4.46. The van der Waals surface area contributed by atoms with Crippen molar-refractivity contribution in [2.24, 2.45) is 0 Å². The van der Waals surface area contributed by atoms with Gasteiger partial charge in [0.1, 0.15) is 5.82 Å². The first-order chi connectivity index (χ1) is 8.54. The average Bonchev–Trinajstić information content (AvgIpc) is 2.28. The molecule has 2 aromatic rings. The van der Waals surface area contributed by atoms with Crippen molar-refractivity contribution in [1.29, 1.82) is 0 Å². The van der Waals surface area contributed by atoms with Crippen molar-refractivity contribution in [2.45, 2.75) is 0 Å². The summed E-state index contributed by atoms with van der Waals surface area (Å²) in [4.78, 5) is 15.7. The molecule has 0 aliphatic heterocycles. The molecule has 0 atom stereocenters. The van der Waals surface area contributed by atoms with E-state index in [0.29, 0.717) is 27.1 Å². The SMILES string of the molecule is Nc1ccc(C(=O)Nc2cc(Cl)cc(Cl)c2)cn1. The summed E-state index contributed by atoms with van der Waals surface area (Å²) in [5, 5.41) is 3.57. The normalized spacial score (nSPS) is 10.1. The molecule has 3 N–H and O–H groups in total. The third-order valence-electron chi connectivity index (χ3n) is 2.17. The summed E-state index contributed by atoms with van der Waals surface area (Å²) >= 11 is 11.7. The van der Waals surface area contributed by atoms with Crippen LogP contribution in [0.15, 0.2) is 36.5 Å². The van der Waals surface area contributed by atoms with Crippen molar-refractivity contribution >= 4 is 40.6 Å². The van der Waals surface area contributed by atoms with E-state index in [1.54, 1.807) is 30.3 Å². The van der Waals surface area contributed by atoms with Crippen molar-refractivity contribution in [3.63, 3.8) is 0 Å². The zero-order valence-corrected chi connectivity index (χ0v) is 10.7. The molecule has 18 heavy (non-hydrogen) atoms. The second-order valence-electron chi connectivity index (χ2n) is 3.58. The number of amides is 1. The predicted octanol–water partition coefficient (Wildman–Crippen LogP) is 3.22. The number of carbonyl (C=O) groups excluding carboxylic acids is 1. The molecule has 0 fully saturated rings. The minimum absolute atomic E-state index is 0.305. The van der Waals surface area contributed by atoms with Gasteiger partial charge >= 0.3 is 0 Å². The Hall–Kier alpha value is -1.78. The lowest BCUT2D eigenvalue weighted by molar-refractivity contribution is 0.102. The van der Waals surface area contributed by atoms with Gasteiger partial charge in [-0.15, -0.1) is 0 Å². The quantitative estimate of drug-likeness (QED) is 0.888. The Labute approximate surface area is 114 Å². The Kier molecular flexibility index (Phi) is 3.69. The lowest BCUT2D eigenvalue weighted by Gasteiger charge is -2.06. The van der Waals surface area contributed by atoms with Crippen LogP contribution in [0.3, 0.4) is 0 Å². The number of carbonyl (C=O) groups is 1. The van der Waals surface area contributed by atoms with Gasteiger partial charge < -0.3 is 11.1 Å². The fourth-order valence-electron chi connectivity index (χ4n) is 1.37. The molecule has 0 saturated carbocycles. The third-order valence-corrected chi connectivity index (χ3v) is 2.61. The van der Waals surface area contributed by atoms with E-state index in [1.807, 2.05) is 0 Å². The minimum atomic E-state index is -0.305. The Morgan fingerprint density at radius 3 is 2.39 bits per heavy atom. The second kappa shape index (κ2) is 5.25. The Bertz CT molecular complexity index is 564.